The largest absolute Gasteiger partial charge is 0.452 e. The summed E-state index contributed by atoms with van der Waals surface area (Å²) in [5.41, 5.74) is 1.91. The number of nitrogens with one attached hydrogen (secondary N) is 1. The Morgan fingerprint density at radius 2 is 2.04 bits per heavy atom. The Hall–Kier alpha value is -2.37. The maximum atomic E-state index is 12.3. The van der Waals surface area contributed by atoms with Crippen LogP contribution in [0.4, 0.5) is 5.69 Å². The van der Waals surface area contributed by atoms with Crippen molar-refractivity contribution < 1.29 is 19.1 Å². The molecule has 1 saturated heterocycles. The number of carbonyl (C=O) groups excluding carboxylic acids is 3. The number of para-hydroxylation sites is 1. The first-order valence-corrected chi connectivity index (χ1v) is 8.34. The fourth-order valence-electron chi connectivity index (χ4n) is 2.81. The van der Waals surface area contributed by atoms with Crippen LogP contribution >= 0.6 is 0 Å². The highest BCUT2D eigenvalue weighted by Crippen LogP contribution is 2.29. The lowest BCUT2D eigenvalue weighted by Crippen LogP contribution is -2.37. The number of rotatable bonds is 6. The third-order valence-electron chi connectivity index (χ3n) is 4.13. The molecule has 1 N–H and O–H groups in total. The van der Waals surface area contributed by atoms with E-state index in [0.717, 1.165) is 17.7 Å². The van der Waals surface area contributed by atoms with Gasteiger partial charge < -0.3 is 15.0 Å². The normalized spacial score (nSPS) is 18.4. The van der Waals surface area contributed by atoms with Crippen molar-refractivity contribution in [2.24, 2.45) is 5.92 Å². The topological polar surface area (TPSA) is 75.7 Å². The van der Waals surface area contributed by atoms with Gasteiger partial charge in [-0.2, -0.15) is 0 Å². The van der Waals surface area contributed by atoms with E-state index in [1.807, 2.05) is 31.2 Å². The lowest BCUT2D eigenvalue weighted by Gasteiger charge is -2.20. The summed E-state index contributed by atoms with van der Waals surface area (Å²) in [6, 6.07) is 7.68. The molecule has 0 spiro atoms. The van der Waals surface area contributed by atoms with Crippen LogP contribution in [0.5, 0.6) is 0 Å². The predicted molar refractivity (Wildman–Crippen MR) is 90.5 cm³/mol. The molecule has 1 aromatic rings. The van der Waals surface area contributed by atoms with Crippen LogP contribution in [-0.4, -0.2) is 37.0 Å². The molecule has 0 radical (unpaired) electrons. The third kappa shape index (κ3) is 3.93. The molecule has 2 atom stereocenters. The average molecular weight is 332 g/mol. The van der Waals surface area contributed by atoms with Gasteiger partial charge in [-0.05, 0) is 31.9 Å². The summed E-state index contributed by atoms with van der Waals surface area (Å²) in [6.07, 6.45) is 0.0620. The Labute approximate surface area is 142 Å². The Bertz CT molecular complexity index is 629. The SMILES string of the molecule is CCNC(=O)[C@@H](C)OC(=O)[C@@H]1CC(=O)N(c2ccccc2CC)C1. The van der Waals surface area contributed by atoms with Crippen LogP contribution in [0.2, 0.25) is 0 Å². The van der Waals surface area contributed by atoms with Crippen LogP contribution in [-0.2, 0) is 25.5 Å². The molecule has 6 heteroatoms. The quantitative estimate of drug-likeness (QED) is 0.804. The predicted octanol–water partition coefficient (Wildman–Crippen LogP) is 1.67. The molecule has 1 aliphatic heterocycles. The maximum Gasteiger partial charge on any atom is 0.312 e. The summed E-state index contributed by atoms with van der Waals surface area (Å²) in [5, 5.41) is 2.61. The van der Waals surface area contributed by atoms with E-state index in [9.17, 15) is 14.4 Å². The van der Waals surface area contributed by atoms with E-state index in [2.05, 4.69) is 5.32 Å². The zero-order valence-corrected chi connectivity index (χ0v) is 14.4. The molecule has 0 aliphatic carbocycles. The summed E-state index contributed by atoms with van der Waals surface area (Å²) in [6.45, 7) is 6.12. The van der Waals surface area contributed by atoms with Crippen molar-refractivity contribution in [3.8, 4) is 0 Å². The number of ether oxygens (including phenoxy) is 1. The molecule has 0 aromatic heterocycles. The van der Waals surface area contributed by atoms with Crippen molar-refractivity contribution in [1.82, 2.24) is 5.32 Å². The van der Waals surface area contributed by atoms with Crippen molar-refractivity contribution in [3.05, 3.63) is 29.8 Å². The Morgan fingerprint density at radius 1 is 1.33 bits per heavy atom. The van der Waals surface area contributed by atoms with Crippen LogP contribution in [0.3, 0.4) is 0 Å². The Morgan fingerprint density at radius 3 is 2.71 bits per heavy atom. The lowest BCUT2D eigenvalue weighted by atomic mass is 10.1. The maximum absolute atomic E-state index is 12.3. The van der Waals surface area contributed by atoms with Gasteiger partial charge in [0.1, 0.15) is 0 Å². The Balaban J connectivity index is 2.04. The molecule has 0 unspecified atom stereocenters. The van der Waals surface area contributed by atoms with E-state index in [-0.39, 0.29) is 24.8 Å². The van der Waals surface area contributed by atoms with E-state index in [4.69, 9.17) is 4.74 Å². The highest BCUT2D eigenvalue weighted by molar-refractivity contribution is 6.00. The van der Waals surface area contributed by atoms with Crippen LogP contribution in [0.15, 0.2) is 24.3 Å². The first-order valence-electron chi connectivity index (χ1n) is 8.34. The second-order valence-corrected chi connectivity index (χ2v) is 5.86. The minimum absolute atomic E-state index is 0.0940. The van der Waals surface area contributed by atoms with E-state index in [1.54, 1.807) is 11.8 Å². The minimum atomic E-state index is -0.857. The monoisotopic (exact) mass is 332 g/mol. The van der Waals surface area contributed by atoms with E-state index in [0.29, 0.717) is 6.54 Å². The van der Waals surface area contributed by atoms with Crippen molar-refractivity contribution in [3.63, 3.8) is 0 Å². The second kappa shape index (κ2) is 7.95. The van der Waals surface area contributed by atoms with Crippen LogP contribution in [0.25, 0.3) is 0 Å². The second-order valence-electron chi connectivity index (χ2n) is 5.86. The number of carbonyl (C=O) groups is 3. The molecule has 130 valence electrons. The fourth-order valence-corrected chi connectivity index (χ4v) is 2.81. The van der Waals surface area contributed by atoms with Crippen LogP contribution in [0, 0.1) is 5.92 Å². The summed E-state index contributed by atoms with van der Waals surface area (Å²) in [7, 11) is 0. The molecule has 1 fully saturated rings. The smallest absolute Gasteiger partial charge is 0.312 e. The van der Waals surface area contributed by atoms with Crippen molar-refractivity contribution in [2.45, 2.75) is 39.7 Å². The van der Waals surface area contributed by atoms with Gasteiger partial charge >= 0.3 is 5.97 Å². The van der Waals surface area contributed by atoms with Gasteiger partial charge in [-0.1, -0.05) is 25.1 Å². The molecule has 0 bridgehead atoms. The van der Waals surface area contributed by atoms with Gasteiger partial charge in [-0.15, -0.1) is 0 Å². The van der Waals surface area contributed by atoms with E-state index < -0.39 is 18.0 Å². The van der Waals surface area contributed by atoms with Gasteiger partial charge in [-0.25, -0.2) is 0 Å². The summed E-state index contributed by atoms with van der Waals surface area (Å²) in [4.78, 5) is 37.9. The van der Waals surface area contributed by atoms with Gasteiger partial charge in [0.25, 0.3) is 5.91 Å². The molecule has 2 rings (SSSR count). The van der Waals surface area contributed by atoms with Crippen molar-refractivity contribution in [2.75, 3.05) is 18.0 Å². The number of esters is 1. The number of benzene rings is 1. The number of amides is 2. The molecule has 1 aliphatic rings. The van der Waals surface area contributed by atoms with Crippen molar-refractivity contribution >= 4 is 23.5 Å². The first kappa shape index (κ1) is 18.0. The molecular weight excluding hydrogens is 308 g/mol. The molecule has 1 aromatic carbocycles. The molecule has 6 nitrogen and oxygen atoms in total. The molecule has 0 saturated carbocycles. The third-order valence-corrected chi connectivity index (χ3v) is 4.13. The highest BCUT2D eigenvalue weighted by Gasteiger charge is 2.37. The number of nitrogens with zero attached hydrogens (tertiary/aromatic N) is 1. The first-order chi connectivity index (χ1) is 11.5. The zero-order chi connectivity index (χ0) is 17.7. The molecule has 1 heterocycles. The molecule has 24 heavy (non-hydrogen) atoms. The highest BCUT2D eigenvalue weighted by atomic mass is 16.5. The fraction of sp³-hybridized carbons (Fsp3) is 0.500. The average Bonchev–Trinajstić information content (AvgIpc) is 2.96. The number of hydrogen-bond donors (Lipinski definition) is 1. The molecular formula is C18H24N2O4. The van der Waals surface area contributed by atoms with Crippen LogP contribution < -0.4 is 10.2 Å². The molecule has 2 amide bonds. The van der Waals surface area contributed by atoms with Gasteiger partial charge in [0, 0.05) is 25.2 Å². The van der Waals surface area contributed by atoms with Gasteiger partial charge in [0.15, 0.2) is 6.10 Å². The standard InChI is InChI=1S/C18H24N2O4/c1-4-13-8-6-7-9-15(13)20-11-14(10-16(20)21)18(23)24-12(3)17(22)19-5-2/h6-9,12,14H,4-5,10-11H2,1-3H3,(H,19,22)/t12-,14-/m1/s1. The van der Waals surface area contributed by atoms with Crippen molar-refractivity contribution in [1.29, 1.82) is 0 Å². The van der Waals surface area contributed by atoms with Gasteiger partial charge in [-0.3, -0.25) is 14.4 Å². The zero-order valence-electron chi connectivity index (χ0n) is 14.4. The van der Waals surface area contributed by atoms with E-state index >= 15 is 0 Å². The lowest BCUT2D eigenvalue weighted by molar-refractivity contribution is -0.158. The van der Waals surface area contributed by atoms with E-state index in [1.165, 1.54) is 6.92 Å². The summed E-state index contributed by atoms with van der Waals surface area (Å²) < 4.78 is 5.21. The van der Waals surface area contributed by atoms with Gasteiger partial charge in [0.2, 0.25) is 5.91 Å². The Kier molecular flexibility index (Phi) is 5.95. The number of aryl methyl sites for hydroxylation is 1. The number of hydrogen-bond acceptors (Lipinski definition) is 4. The minimum Gasteiger partial charge on any atom is -0.452 e. The summed E-state index contributed by atoms with van der Waals surface area (Å²) >= 11 is 0. The number of likely N-dealkylation sites (N-methyl/N-ethyl adjacent to an activating group) is 1. The number of anilines is 1. The van der Waals surface area contributed by atoms with Gasteiger partial charge in [0.05, 0.1) is 5.92 Å². The van der Waals surface area contributed by atoms with Crippen LogP contribution in [0.1, 0.15) is 32.8 Å². The summed E-state index contributed by atoms with van der Waals surface area (Å²) in [5.74, 6) is -1.47.